The number of carbonyl (C=O) groups excluding carboxylic acids is 2. The highest BCUT2D eigenvalue weighted by molar-refractivity contribution is 6.00. The van der Waals surface area contributed by atoms with Crippen molar-refractivity contribution in [1.29, 1.82) is 0 Å². The fraction of sp³-hybridized carbons (Fsp3) is 0.528. The Balaban J connectivity index is 1.09. The van der Waals surface area contributed by atoms with Crippen molar-refractivity contribution < 1.29 is 14.3 Å². The molecule has 0 aliphatic carbocycles. The van der Waals surface area contributed by atoms with Crippen molar-refractivity contribution in [2.45, 2.75) is 39.7 Å². The zero-order chi connectivity index (χ0) is 34.2. The molecule has 4 heterocycles. The van der Waals surface area contributed by atoms with Gasteiger partial charge in [0.05, 0.1) is 13.2 Å². The summed E-state index contributed by atoms with van der Waals surface area (Å²) in [5, 5.41) is 5.77. The molecule has 0 saturated carbocycles. The monoisotopic (exact) mass is 670 g/mol. The Labute approximate surface area is 289 Å². The number of aromatic nitrogens is 3. The van der Waals surface area contributed by atoms with Gasteiger partial charge in [0, 0.05) is 87.4 Å². The van der Waals surface area contributed by atoms with Gasteiger partial charge >= 0.3 is 6.03 Å². The number of hydrogen-bond acceptors (Lipinski definition) is 10. The lowest BCUT2D eigenvalue weighted by Gasteiger charge is -2.37. The summed E-state index contributed by atoms with van der Waals surface area (Å²) in [7, 11) is 0. The van der Waals surface area contributed by atoms with Crippen LogP contribution in [-0.4, -0.2) is 133 Å². The van der Waals surface area contributed by atoms with Crippen LogP contribution in [-0.2, 0) is 4.74 Å². The number of piperazine rings is 1. The van der Waals surface area contributed by atoms with E-state index in [4.69, 9.17) is 19.7 Å². The molecule has 13 heteroatoms. The highest BCUT2D eigenvalue weighted by Crippen LogP contribution is 2.25. The van der Waals surface area contributed by atoms with Crippen molar-refractivity contribution in [3.8, 4) is 11.4 Å². The van der Waals surface area contributed by atoms with E-state index in [1.165, 1.54) is 0 Å². The van der Waals surface area contributed by atoms with E-state index in [-0.39, 0.29) is 11.9 Å². The van der Waals surface area contributed by atoms with Crippen LogP contribution in [0.3, 0.4) is 0 Å². The lowest BCUT2D eigenvalue weighted by molar-refractivity contribution is 0.0595. The molecule has 0 unspecified atom stereocenters. The molecule has 0 radical (unpaired) electrons. The summed E-state index contributed by atoms with van der Waals surface area (Å²) in [6.07, 6.45) is 2.21. The minimum Gasteiger partial charge on any atom is -0.378 e. The molecule has 6 rings (SSSR count). The predicted octanol–water partition coefficient (Wildman–Crippen LogP) is 4.11. The average Bonchev–Trinajstić information content (AvgIpc) is 3.38. The maximum absolute atomic E-state index is 13.0. The Bertz CT molecular complexity index is 1540. The van der Waals surface area contributed by atoms with Gasteiger partial charge in [0.25, 0.3) is 5.91 Å². The van der Waals surface area contributed by atoms with Crippen molar-refractivity contribution in [2.75, 3.05) is 106 Å². The third-order valence-corrected chi connectivity index (χ3v) is 9.44. The topological polar surface area (TPSA) is 122 Å². The van der Waals surface area contributed by atoms with Crippen molar-refractivity contribution in [1.82, 2.24) is 29.7 Å². The van der Waals surface area contributed by atoms with E-state index < -0.39 is 0 Å². The molecule has 13 nitrogen and oxygen atoms in total. The van der Waals surface area contributed by atoms with Gasteiger partial charge in [-0.05, 0) is 88.3 Å². The number of nitrogens with one attached hydrogen (secondary N) is 2. The number of carbonyl (C=O) groups is 2. The van der Waals surface area contributed by atoms with Crippen LogP contribution in [0.25, 0.3) is 11.4 Å². The first-order valence-corrected chi connectivity index (χ1v) is 17.7. The minimum absolute atomic E-state index is 0.0203. The summed E-state index contributed by atoms with van der Waals surface area (Å²) >= 11 is 0. The van der Waals surface area contributed by atoms with Crippen molar-refractivity contribution in [2.24, 2.45) is 0 Å². The van der Waals surface area contributed by atoms with Crippen LogP contribution in [0.5, 0.6) is 0 Å². The molecule has 0 spiro atoms. The first kappa shape index (κ1) is 34.5. The van der Waals surface area contributed by atoms with Gasteiger partial charge < -0.3 is 35.0 Å². The highest BCUT2D eigenvalue weighted by Gasteiger charge is 2.24. The molecule has 3 aromatic rings. The van der Waals surface area contributed by atoms with Crippen molar-refractivity contribution in [3.63, 3.8) is 0 Å². The quantitative estimate of drug-likeness (QED) is 0.344. The number of hydrogen-bond donors (Lipinski definition) is 2. The van der Waals surface area contributed by atoms with Gasteiger partial charge in [0.15, 0.2) is 5.82 Å². The van der Waals surface area contributed by atoms with E-state index in [9.17, 15) is 9.59 Å². The third-order valence-electron chi connectivity index (χ3n) is 9.44. The first-order valence-electron chi connectivity index (χ1n) is 17.7. The van der Waals surface area contributed by atoms with Crippen LogP contribution in [0.2, 0.25) is 0 Å². The van der Waals surface area contributed by atoms with Gasteiger partial charge in [-0.2, -0.15) is 15.0 Å². The van der Waals surface area contributed by atoms with Crippen LogP contribution < -0.4 is 20.4 Å². The molecule has 0 atom stereocenters. The number of benzene rings is 2. The summed E-state index contributed by atoms with van der Waals surface area (Å²) in [5.74, 6) is 1.99. The first-order chi connectivity index (χ1) is 23.9. The Morgan fingerprint density at radius 2 is 1.35 bits per heavy atom. The van der Waals surface area contributed by atoms with Crippen LogP contribution in [0, 0.1) is 0 Å². The Hall–Kier alpha value is -4.33. The molecule has 3 aliphatic heterocycles. The maximum Gasteiger partial charge on any atom is 0.323 e. The average molecular weight is 671 g/mol. The van der Waals surface area contributed by atoms with Gasteiger partial charge in [-0.3, -0.25) is 9.69 Å². The zero-order valence-corrected chi connectivity index (χ0v) is 29.1. The zero-order valence-electron chi connectivity index (χ0n) is 29.1. The lowest BCUT2D eigenvalue weighted by Crippen LogP contribution is -2.50. The van der Waals surface area contributed by atoms with Crippen LogP contribution in [0.15, 0.2) is 48.5 Å². The number of urea groups is 1. The van der Waals surface area contributed by atoms with Gasteiger partial charge in [-0.15, -0.1) is 0 Å². The number of morpholine rings is 1. The number of nitrogens with zero attached hydrogens (tertiary/aromatic N) is 8. The molecule has 2 aromatic carbocycles. The summed E-state index contributed by atoms with van der Waals surface area (Å²) in [4.78, 5) is 51.9. The molecule has 3 fully saturated rings. The second kappa shape index (κ2) is 16.4. The van der Waals surface area contributed by atoms with Crippen molar-refractivity contribution >= 4 is 35.2 Å². The molecule has 49 heavy (non-hydrogen) atoms. The third kappa shape index (κ3) is 9.02. The number of ether oxygens (including phenoxy) is 1. The smallest absolute Gasteiger partial charge is 0.323 e. The number of rotatable bonds is 9. The summed E-state index contributed by atoms with van der Waals surface area (Å²) < 4.78 is 5.58. The molecule has 2 N–H and O–H groups in total. The highest BCUT2D eigenvalue weighted by atomic mass is 16.5. The molecule has 0 bridgehead atoms. The Morgan fingerprint density at radius 1 is 0.735 bits per heavy atom. The van der Waals surface area contributed by atoms with E-state index in [1.54, 1.807) is 24.3 Å². The number of anilines is 4. The standard InChI is InChI=1S/C36H50N10O3/c1-4-14-42-15-5-16-45(18-17-42)34-39-32(40-35(41-34)46-23-25-49-26-24-46)28-6-10-30(11-7-28)37-36(48)38-31-12-8-29(9-13-31)33(47)44-21-19-43(20-22-44)27(2)3/h6-13,27H,4-5,14-26H2,1-3H3,(H2,37,38,48). The van der Waals surface area contributed by atoms with Crippen molar-refractivity contribution in [3.05, 3.63) is 54.1 Å². The predicted molar refractivity (Wildman–Crippen MR) is 194 cm³/mol. The fourth-order valence-electron chi connectivity index (χ4n) is 6.56. The molecule has 262 valence electrons. The van der Waals surface area contributed by atoms with Gasteiger partial charge in [-0.1, -0.05) is 6.92 Å². The van der Waals surface area contributed by atoms with Gasteiger partial charge in [-0.25, -0.2) is 4.79 Å². The normalized spacial score (nSPS) is 18.0. The lowest BCUT2D eigenvalue weighted by atomic mass is 10.1. The second-order valence-electron chi connectivity index (χ2n) is 13.2. The summed E-state index contributed by atoms with van der Waals surface area (Å²) in [5.41, 5.74) is 2.71. The molecular weight excluding hydrogens is 620 g/mol. The Kier molecular flexibility index (Phi) is 11.5. The Morgan fingerprint density at radius 3 is 1.96 bits per heavy atom. The van der Waals surface area contributed by atoms with E-state index in [0.29, 0.717) is 53.9 Å². The van der Waals surface area contributed by atoms with E-state index in [0.717, 1.165) is 90.4 Å². The van der Waals surface area contributed by atoms with Gasteiger partial charge in [0.2, 0.25) is 11.9 Å². The number of amides is 3. The molecule has 3 amide bonds. The van der Waals surface area contributed by atoms with Gasteiger partial charge in [0.1, 0.15) is 0 Å². The maximum atomic E-state index is 13.0. The molecule has 3 aliphatic rings. The van der Waals surface area contributed by atoms with E-state index >= 15 is 0 Å². The SMILES string of the molecule is CCCN1CCCN(c2nc(-c3ccc(NC(=O)Nc4ccc(C(=O)N5CCN(C(C)C)CC5)cc4)cc3)nc(N3CCOCC3)n2)CC1. The van der Waals surface area contributed by atoms with Crippen LogP contribution in [0.4, 0.5) is 28.1 Å². The molecule has 3 saturated heterocycles. The van der Waals surface area contributed by atoms with E-state index in [1.807, 2.05) is 29.2 Å². The summed E-state index contributed by atoms with van der Waals surface area (Å²) in [6.45, 7) is 17.5. The molecule has 1 aromatic heterocycles. The minimum atomic E-state index is -0.369. The van der Waals surface area contributed by atoms with E-state index in [2.05, 4.69) is 51.0 Å². The van der Waals surface area contributed by atoms with Crippen LogP contribution >= 0.6 is 0 Å². The second-order valence-corrected chi connectivity index (χ2v) is 13.2. The molecular formula is C36H50N10O3. The summed E-state index contributed by atoms with van der Waals surface area (Å²) in [6, 6.07) is 14.7. The fourth-order valence-corrected chi connectivity index (χ4v) is 6.56. The van der Waals surface area contributed by atoms with Crippen LogP contribution in [0.1, 0.15) is 44.0 Å². The largest absolute Gasteiger partial charge is 0.378 e.